The molecular weight excluding hydrogens is 280 g/mol. The van der Waals surface area contributed by atoms with Gasteiger partial charge < -0.3 is 20.5 Å². The minimum Gasteiger partial charge on any atom is -0.493 e. The fourth-order valence-electron chi connectivity index (χ4n) is 1.88. The van der Waals surface area contributed by atoms with Crippen LogP contribution in [0.5, 0.6) is 11.5 Å². The molecule has 0 fully saturated rings. The number of nitrogens with two attached hydrogens (primary N) is 1. The third-order valence-corrected chi connectivity index (χ3v) is 3.01. The van der Waals surface area contributed by atoms with E-state index in [4.69, 9.17) is 15.2 Å². The van der Waals surface area contributed by atoms with Crippen LogP contribution in [0.1, 0.15) is 5.56 Å². The predicted octanol–water partition coefficient (Wildman–Crippen LogP) is 2.94. The Hall–Kier alpha value is -2.95. The molecular formula is C17H18N2O3. The van der Waals surface area contributed by atoms with Gasteiger partial charge in [0.1, 0.15) is 0 Å². The van der Waals surface area contributed by atoms with Crippen LogP contribution in [-0.2, 0) is 4.79 Å². The Morgan fingerprint density at radius 1 is 1.05 bits per heavy atom. The van der Waals surface area contributed by atoms with Crippen molar-refractivity contribution >= 4 is 23.4 Å². The smallest absolute Gasteiger partial charge is 0.248 e. The topological polar surface area (TPSA) is 73.6 Å². The second kappa shape index (κ2) is 7.17. The van der Waals surface area contributed by atoms with Crippen LogP contribution in [0.25, 0.3) is 6.08 Å². The summed E-state index contributed by atoms with van der Waals surface area (Å²) in [7, 11) is 3.11. The standard InChI is InChI=1S/C17H18N2O3/c1-21-15-9-8-14(11-16(15)22-2)19-17(20)10-5-12-3-6-13(18)7-4-12/h3-11H,18H2,1-2H3,(H,19,20)/b10-5+. The van der Waals surface area contributed by atoms with Crippen molar-refractivity contribution in [3.63, 3.8) is 0 Å². The number of ether oxygens (including phenoxy) is 2. The molecule has 0 bridgehead atoms. The van der Waals surface area contributed by atoms with Crippen molar-refractivity contribution < 1.29 is 14.3 Å². The van der Waals surface area contributed by atoms with Gasteiger partial charge in [-0.3, -0.25) is 4.79 Å². The lowest BCUT2D eigenvalue weighted by Crippen LogP contribution is -2.07. The molecule has 0 aliphatic carbocycles. The number of benzene rings is 2. The SMILES string of the molecule is COc1ccc(NC(=O)/C=C/c2ccc(N)cc2)cc1OC. The number of nitrogens with one attached hydrogen (secondary N) is 1. The van der Waals surface area contributed by atoms with Crippen molar-refractivity contribution in [2.45, 2.75) is 0 Å². The molecule has 0 spiro atoms. The summed E-state index contributed by atoms with van der Waals surface area (Å²) in [5, 5.41) is 2.76. The molecule has 0 heterocycles. The maximum absolute atomic E-state index is 11.9. The summed E-state index contributed by atoms with van der Waals surface area (Å²) in [6, 6.07) is 12.4. The van der Waals surface area contributed by atoms with Crippen LogP contribution in [0, 0.1) is 0 Å². The number of hydrogen-bond donors (Lipinski definition) is 2. The highest BCUT2D eigenvalue weighted by Gasteiger charge is 2.05. The zero-order chi connectivity index (χ0) is 15.9. The van der Waals surface area contributed by atoms with Gasteiger partial charge in [0.05, 0.1) is 14.2 Å². The summed E-state index contributed by atoms with van der Waals surface area (Å²) in [5.41, 5.74) is 7.83. The summed E-state index contributed by atoms with van der Waals surface area (Å²) in [6.45, 7) is 0. The fraction of sp³-hybridized carbons (Fsp3) is 0.118. The molecule has 0 saturated heterocycles. The summed E-state index contributed by atoms with van der Waals surface area (Å²) in [6.07, 6.45) is 3.18. The molecule has 0 aromatic heterocycles. The largest absolute Gasteiger partial charge is 0.493 e. The highest BCUT2D eigenvalue weighted by atomic mass is 16.5. The maximum atomic E-state index is 11.9. The van der Waals surface area contributed by atoms with Crippen molar-refractivity contribution in [3.8, 4) is 11.5 Å². The number of rotatable bonds is 5. The second-order valence-corrected chi connectivity index (χ2v) is 4.56. The lowest BCUT2D eigenvalue weighted by Gasteiger charge is -2.09. The van der Waals surface area contributed by atoms with E-state index in [1.165, 1.54) is 6.08 Å². The second-order valence-electron chi connectivity index (χ2n) is 4.56. The quantitative estimate of drug-likeness (QED) is 0.657. The molecule has 3 N–H and O–H groups in total. The Labute approximate surface area is 129 Å². The van der Waals surface area contributed by atoms with E-state index in [1.54, 1.807) is 50.6 Å². The minimum atomic E-state index is -0.232. The van der Waals surface area contributed by atoms with Crippen molar-refractivity contribution in [2.24, 2.45) is 0 Å². The summed E-state index contributed by atoms with van der Waals surface area (Å²) in [4.78, 5) is 11.9. The number of carbonyl (C=O) groups is 1. The van der Waals surface area contributed by atoms with Crippen LogP contribution < -0.4 is 20.5 Å². The van der Waals surface area contributed by atoms with Gasteiger partial charge in [0, 0.05) is 23.5 Å². The van der Waals surface area contributed by atoms with Gasteiger partial charge in [0.2, 0.25) is 5.91 Å². The van der Waals surface area contributed by atoms with Crippen LogP contribution in [0.4, 0.5) is 11.4 Å². The first kappa shape index (κ1) is 15.4. The van der Waals surface area contributed by atoms with Crippen LogP contribution in [0.15, 0.2) is 48.5 Å². The lowest BCUT2D eigenvalue weighted by molar-refractivity contribution is -0.111. The Morgan fingerprint density at radius 3 is 2.36 bits per heavy atom. The monoisotopic (exact) mass is 298 g/mol. The van der Waals surface area contributed by atoms with Crippen molar-refractivity contribution in [3.05, 3.63) is 54.1 Å². The molecule has 0 aliphatic heterocycles. The van der Waals surface area contributed by atoms with E-state index >= 15 is 0 Å². The Balaban J connectivity index is 2.04. The van der Waals surface area contributed by atoms with Crippen molar-refractivity contribution in [1.29, 1.82) is 0 Å². The molecule has 2 rings (SSSR count). The molecule has 1 amide bonds. The highest BCUT2D eigenvalue weighted by molar-refractivity contribution is 6.02. The predicted molar refractivity (Wildman–Crippen MR) is 88.1 cm³/mol. The van der Waals surface area contributed by atoms with Gasteiger partial charge >= 0.3 is 0 Å². The van der Waals surface area contributed by atoms with E-state index in [0.717, 1.165) is 5.56 Å². The van der Waals surface area contributed by atoms with Gasteiger partial charge in [-0.2, -0.15) is 0 Å². The van der Waals surface area contributed by atoms with E-state index in [0.29, 0.717) is 22.9 Å². The number of carbonyl (C=O) groups excluding carboxylic acids is 1. The van der Waals surface area contributed by atoms with E-state index in [9.17, 15) is 4.79 Å². The first-order valence-corrected chi connectivity index (χ1v) is 6.69. The molecule has 5 heteroatoms. The Bertz CT molecular complexity index is 679. The third kappa shape index (κ3) is 4.02. The third-order valence-electron chi connectivity index (χ3n) is 3.01. The van der Waals surface area contributed by atoms with Gasteiger partial charge in [0.15, 0.2) is 11.5 Å². The van der Waals surface area contributed by atoms with Crippen LogP contribution in [0.2, 0.25) is 0 Å². The molecule has 22 heavy (non-hydrogen) atoms. The summed E-state index contributed by atoms with van der Waals surface area (Å²) in [5.74, 6) is 0.935. The van der Waals surface area contributed by atoms with Crippen LogP contribution in [0.3, 0.4) is 0 Å². The molecule has 2 aromatic carbocycles. The molecule has 0 radical (unpaired) electrons. The first-order valence-electron chi connectivity index (χ1n) is 6.69. The maximum Gasteiger partial charge on any atom is 0.248 e. The molecule has 0 aliphatic rings. The molecule has 0 saturated carbocycles. The normalized spacial score (nSPS) is 10.5. The van der Waals surface area contributed by atoms with E-state index < -0.39 is 0 Å². The molecule has 114 valence electrons. The van der Waals surface area contributed by atoms with Gasteiger partial charge in [-0.05, 0) is 35.9 Å². The highest BCUT2D eigenvalue weighted by Crippen LogP contribution is 2.29. The molecule has 2 aromatic rings. The number of anilines is 2. The van der Waals surface area contributed by atoms with Crippen molar-refractivity contribution in [2.75, 3.05) is 25.3 Å². The molecule has 5 nitrogen and oxygen atoms in total. The van der Waals surface area contributed by atoms with Gasteiger partial charge in [0.25, 0.3) is 0 Å². The Morgan fingerprint density at radius 2 is 1.73 bits per heavy atom. The number of nitrogen functional groups attached to an aromatic ring is 1. The number of amides is 1. The fourth-order valence-corrected chi connectivity index (χ4v) is 1.88. The number of methoxy groups -OCH3 is 2. The summed E-state index contributed by atoms with van der Waals surface area (Å²) < 4.78 is 10.3. The zero-order valence-electron chi connectivity index (χ0n) is 12.5. The Kier molecular flexibility index (Phi) is 5.03. The minimum absolute atomic E-state index is 0.232. The molecule has 0 atom stereocenters. The lowest BCUT2D eigenvalue weighted by atomic mass is 10.2. The van der Waals surface area contributed by atoms with E-state index in [-0.39, 0.29) is 5.91 Å². The van der Waals surface area contributed by atoms with Gasteiger partial charge in [-0.15, -0.1) is 0 Å². The number of hydrogen-bond acceptors (Lipinski definition) is 4. The van der Waals surface area contributed by atoms with Crippen LogP contribution >= 0.6 is 0 Å². The zero-order valence-corrected chi connectivity index (χ0v) is 12.5. The van der Waals surface area contributed by atoms with Gasteiger partial charge in [-0.1, -0.05) is 12.1 Å². The first-order chi connectivity index (χ1) is 10.6. The average molecular weight is 298 g/mol. The summed E-state index contributed by atoms with van der Waals surface area (Å²) >= 11 is 0. The molecule has 0 unspecified atom stereocenters. The van der Waals surface area contributed by atoms with E-state index in [1.807, 2.05) is 12.1 Å². The van der Waals surface area contributed by atoms with E-state index in [2.05, 4.69) is 5.32 Å². The van der Waals surface area contributed by atoms with Crippen molar-refractivity contribution in [1.82, 2.24) is 0 Å². The van der Waals surface area contributed by atoms with Crippen LogP contribution in [-0.4, -0.2) is 20.1 Å². The van der Waals surface area contributed by atoms with Gasteiger partial charge in [-0.25, -0.2) is 0 Å². The average Bonchev–Trinajstić information content (AvgIpc) is 2.54.